The minimum absolute atomic E-state index is 0.250. The molecule has 1 atom stereocenters. The topological polar surface area (TPSA) is 33.1 Å². The molecule has 92 valence electrons. The Labute approximate surface area is 110 Å². The summed E-state index contributed by atoms with van der Waals surface area (Å²) in [6.07, 6.45) is 3.43. The van der Waals surface area contributed by atoms with Gasteiger partial charge in [0.25, 0.3) is 0 Å². The number of aryl methyl sites for hydroxylation is 2. The maximum atomic E-state index is 9.91. The molecule has 0 spiro atoms. The highest BCUT2D eigenvalue weighted by Crippen LogP contribution is 2.16. The molecule has 2 heterocycles. The highest BCUT2D eigenvalue weighted by atomic mass is 32.1. The van der Waals surface area contributed by atoms with Crippen molar-refractivity contribution in [2.75, 3.05) is 0 Å². The molecule has 2 aromatic heterocycles. The van der Waals surface area contributed by atoms with E-state index in [1.54, 1.807) is 22.7 Å². The van der Waals surface area contributed by atoms with E-state index in [-0.39, 0.29) is 6.10 Å². The van der Waals surface area contributed by atoms with Gasteiger partial charge in [-0.1, -0.05) is 6.07 Å². The van der Waals surface area contributed by atoms with Gasteiger partial charge in [0.1, 0.15) is 0 Å². The molecule has 0 saturated heterocycles. The number of hydrogen-bond acceptors (Lipinski definition) is 4. The van der Waals surface area contributed by atoms with Crippen LogP contribution in [-0.4, -0.2) is 16.2 Å². The smallest absolute Gasteiger partial charge is 0.0953 e. The van der Waals surface area contributed by atoms with E-state index in [1.807, 2.05) is 12.3 Å². The number of aliphatic hydroxyl groups excluding tert-OH is 1. The molecule has 1 N–H and O–H groups in total. The molecule has 2 rings (SSSR count). The summed E-state index contributed by atoms with van der Waals surface area (Å²) in [7, 11) is 0. The van der Waals surface area contributed by atoms with Gasteiger partial charge in [0.2, 0.25) is 0 Å². The van der Waals surface area contributed by atoms with Crippen LogP contribution in [0.5, 0.6) is 0 Å². The lowest BCUT2D eigenvalue weighted by Gasteiger charge is -2.07. The molecule has 4 heteroatoms. The number of rotatable bonds is 6. The maximum absolute atomic E-state index is 9.91. The summed E-state index contributed by atoms with van der Waals surface area (Å²) in [5, 5.41) is 15.1. The molecule has 0 aromatic carbocycles. The SMILES string of the molecule is Cc1csc(CC(O)CCCc2cccs2)n1. The van der Waals surface area contributed by atoms with Crippen molar-refractivity contribution in [1.29, 1.82) is 0 Å². The van der Waals surface area contributed by atoms with Crippen LogP contribution in [0.25, 0.3) is 0 Å². The number of aliphatic hydroxyl groups is 1. The Hall–Kier alpha value is -0.710. The minimum Gasteiger partial charge on any atom is -0.393 e. The number of thiazole rings is 1. The first-order chi connectivity index (χ1) is 8.24. The normalized spacial score (nSPS) is 12.8. The van der Waals surface area contributed by atoms with Crippen LogP contribution in [0.1, 0.15) is 28.4 Å². The van der Waals surface area contributed by atoms with E-state index in [1.165, 1.54) is 4.88 Å². The van der Waals surface area contributed by atoms with Gasteiger partial charge in [0.05, 0.1) is 11.1 Å². The van der Waals surface area contributed by atoms with Gasteiger partial charge in [-0.25, -0.2) is 4.98 Å². The molecule has 0 aliphatic rings. The van der Waals surface area contributed by atoms with Crippen molar-refractivity contribution in [3.8, 4) is 0 Å². The molecule has 0 aliphatic heterocycles. The standard InChI is InChI=1S/C13H17NOS2/c1-10-9-17-13(14-10)8-11(15)4-2-5-12-6-3-7-16-12/h3,6-7,9,11,15H,2,4-5,8H2,1H3. The monoisotopic (exact) mass is 267 g/mol. The Bertz CT molecular complexity index is 436. The summed E-state index contributed by atoms with van der Waals surface area (Å²) in [6.45, 7) is 1.99. The maximum Gasteiger partial charge on any atom is 0.0953 e. The van der Waals surface area contributed by atoms with Gasteiger partial charge in [0, 0.05) is 22.4 Å². The number of thiophene rings is 1. The lowest BCUT2D eigenvalue weighted by atomic mass is 10.1. The zero-order chi connectivity index (χ0) is 12.1. The van der Waals surface area contributed by atoms with Crippen LogP contribution >= 0.6 is 22.7 Å². The average Bonchev–Trinajstić information content (AvgIpc) is 2.90. The lowest BCUT2D eigenvalue weighted by molar-refractivity contribution is 0.162. The second kappa shape index (κ2) is 6.28. The zero-order valence-corrected chi connectivity index (χ0v) is 11.6. The first-order valence-corrected chi connectivity index (χ1v) is 7.61. The molecule has 0 bridgehead atoms. The molecule has 0 aliphatic carbocycles. The van der Waals surface area contributed by atoms with Gasteiger partial charge in [-0.2, -0.15) is 0 Å². The van der Waals surface area contributed by atoms with E-state index in [4.69, 9.17) is 0 Å². The highest BCUT2D eigenvalue weighted by molar-refractivity contribution is 7.10. The summed E-state index contributed by atoms with van der Waals surface area (Å²) in [6, 6.07) is 4.23. The highest BCUT2D eigenvalue weighted by Gasteiger charge is 2.08. The first kappa shape index (κ1) is 12.7. The Morgan fingerprint density at radius 2 is 2.29 bits per heavy atom. The van der Waals surface area contributed by atoms with Crippen LogP contribution in [0.3, 0.4) is 0 Å². The van der Waals surface area contributed by atoms with Crippen LogP contribution in [-0.2, 0) is 12.8 Å². The van der Waals surface area contributed by atoms with E-state index in [2.05, 4.69) is 22.5 Å². The van der Waals surface area contributed by atoms with Crippen molar-refractivity contribution in [2.24, 2.45) is 0 Å². The van der Waals surface area contributed by atoms with E-state index in [0.29, 0.717) is 6.42 Å². The predicted molar refractivity (Wildman–Crippen MR) is 73.8 cm³/mol. The molecule has 0 radical (unpaired) electrons. The third kappa shape index (κ3) is 4.22. The van der Waals surface area contributed by atoms with Gasteiger partial charge in [-0.3, -0.25) is 0 Å². The van der Waals surface area contributed by atoms with Gasteiger partial charge in [-0.15, -0.1) is 22.7 Å². The third-order valence-corrected chi connectivity index (χ3v) is 4.54. The average molecular weight is 267 g/mol. The van der Waals surface area contributed by atoms with Crippen LogP contribution in [0.2, 0.25) is 0 Å². The van der Waals surface area contributed by atoms with E-state index >= 15 is 0 Å². The second-order valence-corrected chi connectivity index (χ2v) is 6.19. The molecule has 0 amide bonds. The zero-order valence-electron chi connectivity index (χ0n) is 9.93. The fraction of sp³-hybridized carbons (Fsp3) is 0.462. The van der Waals surface area contributed by atoms with Gasteiger partial charge < -0.3 is 5.11 Å². The molecule has 2 aromatic rings. The third-order valence-electron chi connectivity index (χ3n) is 2.62. The quantitative estimate of drug-likeness (QED) is 0.869. The Balaban J connectivity index is 1.69. The van der Waals surface area contributed by atoms with E-state index < -0.39 is 0 Å². The van der Waals surface area contributed by atoms with Crippen molar-refractivity contribution >= 4 is 22.7 Å². The predicted octanol–water partition coefficient (Wildman–Crippen LogP) is 3.44. The summed E-state index contributed by atoms with van der Waals surface area (Å²) in [5.41, 5.74) is 1.05. The van der Waals surface area contributed by atoms with Gasteiger partial charge in [-0.05, 0) is 37.6 Å². The fourth-order valence-electron chi connectivity index (χ4n) is 1.77. The molecule has 2 nitrogen and oxygen atoms in total. The first-order valence-electron chi connectivity index (χ1n) is 5.85. The van der Waals surface area contributed by atoms with Crippen molar-refractivity contribution in [1.82, 2.24) is 4.98 Å². The summed E-state index contributed by atoms with van der Waals surface area (Å²) < 4.78 is 0. The number of aromatic nitrogens is 1. The van der Waals surface area contributed by atoms with Gasteiger partial charge in [0.15, 0.2) is 0 Å². The molecule has 0 saturated carbocycles. The van der Waals surface area contributed by atoms with Crippen molar-refractivity contribution < 1.29 is 5.11 Å². The summed E-state index contributed by atoms with van der Waals surface area (Å²) in [4.78, 5) is 5.77. The van der Waals surface area contributed by atoms with Crippen LogP contribution in [0.4, 0.5) is 0 Å². The van der Waals surface area contributed by atoms with Crippen LogP contribution < -0.4 is 0 Å². The molecule has 0 fully saturated rings. The van der Waals surface area contributed by atoms with Crippen LogP contribution in [0, 0.1) is 6.92 Å². The molecule has 1 unspecified atom stereocenters. The minimum atomic E-state index is -0.250. The number of nitrogens with zero attached hydrogens (tertiary/aromatic N) is 1. The van der Waals surface area contributed by atoms with Crippen molar-refractivity contribution in [3.63, 3.8) is 0 Å². The van der Waals surface area contributed by atoms with Crippen LogP contribution in [0.15, 0.2) is 22.9 Å². The van der Waals surface area contributed by atoms with E-state index in [9.17, 15) is 5.11 Å². The van der Waals surface area contributed by atoms with Crippen molar-refractivity contribution in [3.05, 3.63) is 38.5 Å². The largest absolute Gasteiger partial charge is 0.393 e. The number of hydrogen-bond donors (Lipinski definition) is 1. The Morgan fingerprint density at radius 3 is 2.94 bits per heavy atom. The summed E-state index contributed by atoms with van der Waals surface area (Å²) in [5.74, 6) is 0. The Kier molecular flexibility index (Phi) is 4.71. The lowest BCUT2D eigenvalue weighted by Crippen LogP contribution is -2.10. The van der Waals surface area contributed by atoms with E-state index in [0.717, 1.165) is 30.0 Å². The second-order valence-electron chi connectivity index (χ2n) is 4.21. The molecular weight excluding hydrogens is 250 g/mol. The van der Waals surface area contributed by atoms with Gasteiger partial charge >= 0.3 is 0 Å². The fourth-order valence-corrected chi connectivity index (χ4v) is 3.36. The van der Waals surface area contributed by atoms with Crippen molar-refractivity contribution in [2.45, 2.75) is 38.7 Å². The Morgan fingerprint density at radius 1 is 1.41 bits per heavy atom. The molecule has 17 heavy (non-hydrogen) atoms. The summed E-state index contributed by atoms with van der Waals surface area (Å²) >= 11 is 3.43. The molecular formula is C13H17NOS2.